The number of hydrogen-bond donors (Lipinski definition) is 1. The van der Waals surface area contributed by atoms with Crippen LogP contribution in [0.1, 0.15) is 28.9 Å². The molecule has 0 aliphatic carbocycles. The Labute approximate surface area is 208 Å². The molecule has 0 bridgehead atoms. The van der Waals surface area contributed by atoms with E-state index in [4.69, 9.17) is 4.74 Å². The third-order valence-electron chi connectivity index (χ3n) is 6.38. The van der Waals surface area contributed by atoms with Gasteiger partial charge in [0.1, 0.15) is 11.6 Å². The zero-order valence-corrected chi connectivity index (χ0v) is 20.2. The monoisotopic (exact) mass is 498 g/mol. The standard InChI is InChI=1S/C26H28F2N4O4/c1-3-36-25(34)22-21(30(2)26(35)29-23(22)18-5-4-6-20(28)15-18)16-31-11-13-32(14-12-31)24(33)17-7-9-19(27)10-8-17/h4-10,15,23H,3,11-14,16H2,1-2H3,(H,29,35). The lowest BCUT2D eigenvalue weighted by Gasteiger charge is -2.39. The highest BCUT2D eigenvalue weighted by atomic mass is 19.1. The number of amides is 3. The number of benzene rings is 2. The van der Waals surface area contributed by atoms with E-state index >= 15 is 0 Å². The fourth-order valence-electron chi connectivity index (χ4n) is 4.43. The van der Waals surface area contributed by atoms with Gasteiger partial charge in [-0.2, -0.15) is 0 Å². The van der Waals surface area contributed by atoms with Gasteiger partial charge in [-0.05, 0) is 48.9 Å². The van der Waals surface area contributed by atoms with Gasteiger partial charge in [-0.1, -0.05) is 12.1 Å². The normalized spacial score (nSPS) is 18.8. The highest BCUT2D eigenvalue weighted by Gasteiger charge is 2.38. The van der Waals surface area contributed by atoms with Crippen molar-refractivity contribution < 1.29 is 27.9 Å². The van der Waals surface area contributed by atoms with Crippen molar-refractivity contribution in [2.45, 2.75) is 13.0 Å². The summed E-state index contributed by atoms with van der Waals surface area (Å²) in [6.07, 6.45) is 0. The number of ether oxygens (including phenoxy) is 1. The number of urea groups is 1. The molecule has 190 valence electrons. The fraction of sp³-hybridized carbons (Fsp3) is 0.346. The minimum atomic E-state index is -0.861. The van der Waals surface area contributed by atoms with Crippen molar-refractivity contribution in [3.05, 3.63) is 82.6 Å². The average Bonchev–Trinajstić information content (AvgIpc) is 2.87. The van der Waals surface area contributed by atoms with Crippen LogP contribution in [0.25, 0.3) is 0 Å². The van der Waals surface area contributed by atoms with E-state index < -0.39 is 29.7 Å². The number of likely N-dealkylation sites (N-methyl/N-ethyl adjacent to an activating group) is 1. The zero-order chi connectivity index (χ0) is 25.8. The molecule has 2 aromatic carbocycles. The van der Waals surface area contributed by atoms with Gasteiger partial charge in [0.25, 0.3) is 5.91 Å². The van der Waals surface area contributed by atoms with Crippen LogP contribution < -0.4 is 5.32 Å². The second kappa shape index (κ2) is 10.9. The van der Waals surface area contributed by atoms with Crippen LogP contribution in [0.2, 0.25) is 0 Å². The Balaban J connectivity index is 1.56. The van der Waals surface area contributed by atoms with Gasteiger partial charge in [0, 0.05) is 51.0 Å². The average molecular weight is 499 g/mol. The Morgan fingerprint density at radius 2 is 1.72 bits per heavy atom. The Morgan fingerprint density at radius 1 is 1.03 bits per heavy atom. The number of nitrogens with zero attached hydrogens (tertiary/aromatic N) is 3. The molecule has 3 amide bonds. The molecule has 0 saturated carbocycles. The largest absolute Gasteiger partial charge is 0.463 e. The van der Waals surface area contributed by atoms with Crippen molar-refractivity contribution in [2.75, 3.05) is 46.4 Å². The number of nitrogens with one attached hydrogen (secondary N) is 1. The van der Waals surface area contributed by atoms with Crippen molar-refractivity contribution in [3.8, 4) is 0 Å². The summed E-state index contributed by atoms with van der Waals surface area (Å²) in [5.41, 5.74) is 1.56. The van der Waals surface area contributed by atoms with Crippen LogP contribution in [0.4, 0.5) is 13.6 Å². The van der Waals surface area contributed by atoms with Crippen LogP contribution in [0.3, 0.4) is 0 Å². The SMILES string of the molecule is CCOC(=O)C1=C(CN2CCN(C(=O)c3ccc(F)cc3)CC2)N(C)C(=O)NC1c1cccc(F)c1. The van der Waals surface area contributed by atoms with Gasteiger partial charge in [-0.15, -0.1) is 0 Å². The van der Waals surface area contributed by atoms with E-state index in [9.17, 15) is 23.2 Å². The van der Waals surface area contributed by atoms with Crippen LogP contribution in [-0.2, 0) is 9.53 Å². The molecule has 2 heterocycles. The molecule has 0 radical (unpaired) electrons. The Hall–Kier alpha value is -3.79. The highest BCUT2D eigenvalue weighted by Crippen LogP contribution is 2.32. The van der Waals surface area contributed by atoms with E-state index in [0.717, 1.165) is 0 Å². The maximum Gasteiger partial charge on any atom is 0.338 e. The number of halogens is 2. The summed E-state index contributed by atoms with van der Waals surface area (Å²) in [4.78, 5) is 43.7. The predicted molar refractivity (Wildman–Crippen MR) is 128 cm³/mol. The number of esters is 1. The highest BCUT2D eigenvalue weighted by molar-refractivity contribution is 5.95. The summed E-state index contributed by atoms with van der Waals surface area (Å²) in [7, 11) is 1.57. The molecule has 2 aliphatic rings. The summed E-state index contributed by atoms with van der Waals surface area (Å²) in [6, 6.07) is 9.90. The van der Waals surface area contributed by atoms with E-state index in [2.05, 4.69) is 5.32 Å². The first kappa shape index (κ1) is 25.3. The lowest BCUT2D eigenvalue weighted by Crippen LogP contribution is -2.53. The number of hydrogen-bond acceptors (Lipinski definition) is 5. The third kappa shape index (κ3) is 5.38. The van der Waals surface area contributed by atoms with Gasteiger partial charge < -0.3 is 15.0 Å². The number of carbonyl (C=O) groups is 3. The van der Waals surface area contributed by atoms with Gasteiger partial charge in [0.05, 0.1) is 18.2 Å². The molecule has 1 fully saturated rings. The minimum absolute atomic E-state index is 0.146. The maximum absolute atomic E-state index is 14.0. The first-order chi connectivity index (χ1) is 17.3. The van der Waals surface area contributed by atoms with Crippen molar-refractivity contribution >= 4 is 17.9 Å². The van der Waals surface area contributed by atoms with Crippen LogP contribution in [0.15, 0.2) is 59.8 Å². The summed E-state index contributed by atoms with van der Waals surface area (Å²) in [6.45, 7) is 3.98. The molecule has 0 aromatic heterocycles. The molecular formula is C26H28F2N4O4. The topological polar surface area (TPSA) is 82.2 Å². The van der Waals surface area contributed by atoms with Crippen LogP contribution in [0, 0.1) is 11.6 Å². The summed E-state index contributed by atoms with van der Waals surface area (Å²) < 4.78 is 32.5. The number of rotatable bonds is 6. The second-order valence-electron chi connectivity index (χ2n) is 8.65. The predicted octanol–water partition coefficient (Wildman–Crippen LogP) is 2.94. The molecule has 4 rings (SSSR count). The van der Waals surface area contributed by atoms with Gasteiger partial charge in [0.15, 0.2) is 0 Å². The molecule has 36 heavy (non-hydrogen) atoms. The first-order valence-electron chi connectivity index (χ1n) is 11.8. The maximum atomic E-state index is 14.0. The molecule has 1 atom stereocenters. The van der Waals surface area contributed by atoms with Crippen molar-refractivity contribution in [2.24, 2.45) is 0 Å². The number of piperazine rings is 1. The molecule has 8 nitrogen and oxygen atoms in total. The zero-order valence-electron chi connectivity index (χ0n) is 20.2. The van der Waals surface area contributed by atoms with Crippen LogP contribution in [0.5, 0.6) is 0 Å². The molecule has 1 saturated heterocycles. The van der Waals surface area contributed by atoms with E-state index in [-0.39, 0.29) is 24.6 Å². The lowest BCUT2D eigenvalue weighted by molar-refractivity contribution is -0.139. The van der Waals surface area contributed by atoms with Crippen molar-refractivity contribution in [3.63, 3.8) is 0 Å². The van der Waals surface area contributed by atoms with E-state index in [1.807, 2.05) is 4.90 Å². The molecule has 1 unspecified atom stereocenters. The molecule has 1 N–H and O–H groups in total. The summed E-state index contributed by atoms with van der Waals surface area (Å²) >= 11 is 0. The minimum Gasteiger partial charge on any atom is -0.463 e. The summed E-state index contributed by atoms with van der Waals surface area (Å²) in [5.74, 6) is -1.65. The summed E-state index contributed by atoms with van der Waals surface area (Å²) in [5, 5.41) is 2.77. The Bertz CT molecular complexity index is 1180. The van der Waals surface area contributed by atoms with E-state index in [0.29, 0.717) is 43.0 Å². The lowest BCUT2D eigenvalue weighted by atomic mass is 9.94. The van der Waals surface area contributed by atoms with E-state index in [1.165, 1.54) is 47.4 Å². The molecular weight excluding hydrogens is 470 g/mol. The Morgan fingerprint density at radius 3 is 2.36 bits per heavy atom. The third-order valence-corrected chi connectivity index (χ3v) is 6.38. The molecule has 0 spiro atoms. The smallest absolute Gasteiger partial charge is 0.338 e. The number of carbonyl (C=O) groups excluding carboxylic acids is 3. The first-order valence-corrected chi connectivity index (χ1v) is 11.8. The second-order valence-corrected chi connectivity index (χ2v) is 8.65. The molecule has 2 aliphatic heterocycles. The molecule has 10 heteroatoms. The van der Waals surface area contributed by atoms with Crippen molar-refractivity contribution in [1.82, 2.24) is 20.0 Å². The van der Waals surface area contributed by atoms with Gasteiger partial charge in [-0.3, -0.25) is 14.6 Å². The van der Waals surface area contributed by atoms with Gasteiger partial charge in [-0.25, -0.2) is 18.4 Å². The fourth-order valence-corrected chi connectivity index (χ4v) is 4.43. The van der Waals surface area contributed by atoms with Gasteiger partial charge >= 0.3 is 12.0 Å². The Kier molecular flexibility index (Phi) is 7.64. The van der Waals surface area contributed by atoms with E-state index in [1.54, 1.807) is 24.9 Å². The van der Waals surface area contributed by atoms with Crippen LogP contribution in [-0.4, -0.2) is 79.0 Å². The van der Waals surface area contributed by atoms with Crippen LogP contribution >= 0.6 is 0 Å². The molecule has 2 aromatic rings. The van der Waals surface area contributed by atoms with Gasteiger partial charge in [0.2, 0.25) is 0 Å². The van der Waals surface area contributed by atoms with Crippen molar-refractivity contribution in [1.29, 1.82) is 0 Å². The quantitative estimate of drug-likeness (QED) is 0.620.